The van der Waals surface area contributed by atoms with Crippen LogP contribution in [0.3, 0.4) is 0 Å². The number of hydrogen-bond donors (Lipinski definition) is 1. The van der Waals surface area contributed by atoms with Crippen LogP contribution < -0.4 is 9.80 Å². The van der Waals surface area contributed by atoms with Crippen LogP contribution >= 0.6 is 11.6 Å². The van der Waals surface area contributed by atoms with Crippen LogP contribution in [0, 0.1) is 0 Å². The van der Waals surface area contributed by atoms with Crippen LogP contribution in [0.1, 0.15) is 42.3 Å². The normalized spacial score (nSPS) is 21.8. The number of pyridine rings is 1. The van der Waals surface area contributed by atoms with Gasteiger partial charge in [-0.1, -0.05) is 23.8 Å². The van der Waals surface area contributed by atoms with E-state index in [0.717, 1.165) is 68.2 Å². The van der Waals surface area contributed by atoms with E-state index < -0.39 is 0 Å². The third kappa shape index (κ3) is 3.05. The van der Waals surface area contributed by atoms with Gasteiger partial charge in [0.1, 0.15) is 17.3 Å². The molecule has 1 atom stereocenters. The largest absolute Gasteiger partial charge is 0.393 e. The molecule has 6 nitrogen and oxygen atoms in total. The first-order valence-electron chi connectivity index (χ1n) is 9.98. The minimum Gasteiger partial charge on any atom is -0.393 e. The van der Waals surface area contributed by atoms with E-state index >= 15 is 0 Å². The van der Waals surface area contributed by atoms with E-state index in [2.05, 4.69) is 43.8 Å². The second kappa shape index (κ2) is 7.01. The summed E-state index contributed by atoms with van der Waals surface area (Å²) in [7, 11) is 0. The first kappa shape index (κ1) is 17.9. The Kier molecular flexibility index (Phi) is 4.48. The number of hydrogen-bond acceptors (Lipinski definition) is 6. The summed E-state index contributed by atoms with van der Waals surface area (Å²) in [4.78, 5) is 18.4. The van der Waals surface area contributed by atoms with Gasteiger partial charge in [-0.15, -0.1) is 0 Å². The van der Waals surface area contributed by atoms with Crippen LogP contribution in [0.25, 0.3) is 6.08 Å². The Balaban J connectivity index is 1.53. The standard InChI is InChI=1S/C21H24ClN5O/c1-13-9-18-16(21(24-12-23-18)26-7-5-14(28)6-8-26)11-27(13)19-10-20(22)25-17-4-2-3-15(17)19/h2-3,10,12-14,28H,4-9,11H2,1H3/t13-/m1/s1. The Morgan fingerprint density at radius 3 is 2.82 bits per heavy atom. The van der Waals surface area contributed by atoms with E-state index in [-0.39, 0.29) is 6.10 Å². The summed E-state index contributed by atoms with van der Waals surface area (Å²) in [5, 5.41) is 10.4. The molecule has 0 aromatic carbocycles. The van der Waals surface area contributed by atoms with E-state index in [9.17, 15) is 5.11 Å². The number of anilines is 2. The van der Waals surface area contributed by atoms with Gasteiger partial charge in [-0.3, -0.25) is 0 Å². The van der Waals surface area contributed by atoms with Gasteiger partial charge in [-0.2, -0.15) is 0 Å². The van der Waals surface area contributed by atoms with Gasteiger partial charge in [0, 0.05) is 55.3 Å². The highest BCUT2D eigenvalue weighted by Gasteiger charge is 2.31. The number of allylic oxidation sites excluding steroid dienone is 1. The van der Waals surface area contributed by atoms with E-state index in [0.29, 0.717) is 11.2 Å². The molecular formula is C21H24ClN5O. The molecule has 1 N–H and O–H groups in total. The molecule has 0 bridgehead atoms. The van der Waals surface area contributed by atoms with Crippen molar-refractivity contribution < 1.29 is 5.11 Å². The number of nitrogens with zero attached hydrogens (tertiary/aromatic N) is 5. The summed E-state index contributed by atoms with van der Waals surface area (Å²) in [6, 6.07) is 2.30. The van der Waals surface area contributed by atoms with Gasteiger partial charge in [0.15, 0.2) is 0 Å². The topological polar surface area (TPSA) is 65.4 Å². The molecule has 1 saturated heterocycles. The van der Waals surface area contributed by atoms with E-state index in [4.69, 9.17) is 11.6 Å². The molecule has 2 aliphatic heterocycles. The highest BCUT2D eigenvalue weighted by Crippen LogP contribution is 2.37. The fraction of sp³-hybridized carbons (Fsp3) is 0.476. The lowest BCUT2D eigenvalue weighted by Crippen LogP contribution is -2.42. The van der Waals surface area contributed by atoms with Crippen LogP contribution in [0.5, 0.6) is 0 Å². The van der Waals surface area contributed by atoms with Crippen molar-refractivity contribution in [1.82, 2.24) is 15.0 Å². The highest BCUT2D eigenvalue weighted by molar-refractivity contribution is 6.29. The lowest BCUT2D eigenvalue weighted by atomic mass is 9.97. The molecule has 28 heavy (non-hydrogen) atoms. The third-order valence-electron chi connectivity index (χ3n) is 6.11. The minimum absolute atomic E-state index is 0.196. The Morgan fingerprint density at radius 2 is 2.00 bits per heavy atom. The van der Waals surface area contributed by atoms with Crippen LogP contribution in [-0.4, -0.2) is 45.3 Å². The third-order valence-corrected chi connectivity index (χ3v) is 6.31. The Hall–Kier alpha value is -2.18. The molecule has 2 aromatic rings. The number of aliphatic hydroxyl groups is 1. The Morgan fingerprint density at radius 1 is 1.18 bits per heavy atom. The molecule has 5 rings (SSSR count). The van der Waals surface area contributed by atoms with Crippen molar-refractivity contribution in [2.24, 2.45) is 0 Å². The summed E-state index contributed by atoms with van der Waals surface area (Å²) in [6.45, 7) is 4.66. The van der Waals surface area contributed by atoms with Gasteiger partial charge >= 0.3 is 0 Å². The lowest BCUT2D eigenvalue weighted by Gasteiger charge is -2.39. The number of halogens is 1. The zero-order valence-electron chi connectivity index (χ0n) is 16.0. The van der Waals surface area contributed by atoms with Crippen molar-refractivity contribution in [3.63, 3.8) is 0 Å². The maximum absolute atomic E-state index is 9.86. The van der Waals surface area contributed by atoms with E-state index in [1.165, 1.54) is 11.1 Å². The number of fused-ring (bicyclic) bond motifs is 2. The zero-order valence-corrected chi connectivity index (χ0v) is 16.7. The van der Waals surface area contributed by atoms with Crippen LogP contribution in [-0.2, 0) is 19.4 Å². The summed E-state index contributed by atoms with van der Waals surface area (Å²) in [5.74, 6) is 1.01. The fourth-order valence-corrected chi connectivity index (χ4v) is 4.79. The van der Waals surface area contributed by atoms with Crippen molar-refractivity contribution in [3.8, 4) is 0 Å². The van der Waals surface area contributed by atoms with Crippen molar-refractivity contribution in [2.75, 3.05) is 22.9 Å². The molecule has 2 aromatic heterocycles. The molecule has 4 heterocycles. The van der Waals surface area contributed by atoms with Gasteiger partial charge in [0.05, 0.1) is 17.5 Å². The second-order valence-electron chi connectivity index (χ2n) is 7.95. The second-order valence-corrected chi connectivity index (χ2v) is 8.34. The smallest absolute Gasteiger partial charge is 0.137 e. The summed E-state index contributed by atoms with van der Waals surface area (Å²) < 4.78 is 0. The molecule has 0 unspecified atom stereocenters. The van der Waals surface area contributed by atoms with Gasteiger partial charge in [0.2, 0.25) is 0 Å². The van der Waals surface area contributed by atoms with E-state index in [1.807, 2.05) is 6.07 Å². The monoisotopic (exact) mass is 397 g/mol. The maximum Gasteiger partial charge on any atom is 0.137 e. The number of aromatic nitrogens is 3. The Bertz CT molecular complexity index is 939. The number of rotatable bonds is 2. The van der Waals surface area contributed by atoms with Gasteiger partial charge in [0.25, 0.3) is 0 Å². The average molecular weight is 398 g/mol. The van der Waals surface area contributed by atoms with Gasteiger partial charge in [-0.05, 0) is 25.8 Å². The van der Waals surface area contributed by atoms with Crippen molar-refractivity contribution in [1.29, 1.82) is 0 Å². The molecular weight excluding hydrogens is 374 g/mol. The molecule has 0 spiro atoms. The van der Waals surface area contributed by atoms with Crippen LogP contribution in [0.4, 0.5) is 11.5 Å². The molecule has 146 valence electrons. The predicted octanol–water partition coefficient (Wildman–Crippen LogP) is 3.01. The maximum atomic E-state index is 9.86. The van der Waals surface area contributed by atoms with Gasteiger partial charge < -0.3 is 14.9 Å². The van der Waals surface area contributed by atoms with Gasteiger partial charge in [-0.25, -0.2) is 15.0 Å². The molecule has 1 aliphatic carbocycles. The van der Waals surface area contributed by atoms with Crippen molar-refractivity contribution in [2.45, 2.75) is 51.3 Å². The minimum atomic E-state index is -0.196. The van der Waals surface area contributed by atoms with Crippen LogP contribution in [0.15, 0.2) is 18.5 Å². The summed E-state index contributed by atoms with van der Waals surface area (Å²) in [5.41, 5.74) is 5.70. The number of piperidine rings is 1. The SMILES string of the molecule is C[C@@H]1Cc2ncnc(N3CCC(O)CC3)c2CN1c1cc(Cl)nc2c1C=CC2. The van der Waals surface area contributed by atoms with Crippen molar-refractivity contribution in [3.05, 3.63) is 46.1 Å². The summed E-state index contributed by atoms with van der Waals surface area (Å²) >= 11 is 6.34. The Labute approximate surface area is 169 Å². The van der Waals surface area contributed by atoms with Crippen LogP contribution in [0.2, 0.25) is 5.15 Å². The summed E-state index contributed by atoms with van der Waals surface area (Å²) in [6.07, 6.45) is 9.09. The number of aliphatic hydroxyl groups excluding tert-OH is 1. The fourth-order valence-electron chi connectivity index (χ4n) is 4.59. The quantitative estimate of drug-likeness (QED) is 0.786. The first-order valence-corrected chi connectivity index (χ1v) is 10.4. The lowest BCUT2D eigenvalue weighted by molar-refractivity contribution is 0.145. The molecule has 0 saturated carbocycles. The molecule has 1 fully saturated rings. The predicted molar refractivity (Wildman–Crippen MR) is 111 cm³/mol. The van der Waals surface area contributed by atoms with E-state index in [1.54, 1.807) is 6.33 Å². The van der Waals surface area contributed by atoms with Crippen molar-refractivity contribution >= 4 is 29.2 Å². The first-order chi connectivity index (χ1) is 13.6. The molecule has 0 amide bonds. The molecule has 7 heteroatoms. The molecule has 3 aliphatic rings. The average Bonchev–Trinajstić information content (AvgIpc) is 3.15. The zero-order chi connectivity index (χ0) is 19.3. The molecule has 0 radical (unpaired) electrons. The highest BCUT2D eigenvalue weighted by atomic mass is 35.5.